The van der Waals surface area contributed by atoms with E-state index in [-0.39, 0.29) is 35.1 Å². The van der Waals surface area contributed by atoms with E-state index in [4.69, 9.17) is 0 Å². The first-order valence-electron chi connectivity index (χ1n) is 11.3. The van der Waals surface area contributed by atoms with Crippen LogP contribution in [0.1, 0.15) is 42.4 Å². The second-order valence-electron chi connectivity index (χ2n) is 8.95. The van der Waals surface area contributed by atoms with Crippen molar-refractivity contribution in [2.24, 2.45) is 5.92 Å². The molecule has 2 heterocycles. The molecule has 1 N–H and O–H groups in total. The Hall–Kier alpha value is -3.20. The number of carbonyl (C=O) groups excluding carboxylic acids is 1. The number of aryl methyl sites for hydroxylation is 1. The van der Waals surface area contributed by atoms with Crippen LogP contribution in [-0.2, 0) is 27.8 Å². The van der Waals surface area contributed by atoms with Gasteiger partial charge in [0, 0.05) is 6.54 Å². The van der Waals surface area contributed by atoms with Crippen molar-refractivity contribution in [1.82, 2.24) is 15.1 Å². The number of carbonyl (C=O) groups is 1. The number of fused-ring (bicyclic) bond motifs is 1. The Morgan fingerprint density at radius 2 is 1.79 bits per heavy atom. The van der Waals surface area contributed by atoms with Gasteiger partial charge < -0.3 is 5.32 Å². The maximum atomic E-state index is 13.6. The maximum absolute atomic E-state index is 13.6. The van der Waals surface area contributed by atoms with Crippen LogP contribution in [0.4, 0.5) is 10.1 Å². The topological polar surface area (TPSA) is 84.3 Å². The Morgan fingerprint density at radius 1 is 1.12 bits per heavy atom. The van der Waals surface area contributed by atoms with Crippen LogP contribution in [0.5, 0.6) is 0 Å². The van der Waals surface area contributed by atoms with E-state index in [2.05, 4.69) is 10.4 Å². The van der Waals surface area contributed by atoms with E-state index in [9.17, 15) is 17.6 Å². The SMILES string of the molecule is Cc1nn(CC(=O)NC(c2ccc(F)cc2)C(C)C)c(C)c1S(=O)(=O)N1CCc2ccccc21. The third-order valence-electron chi connectivity index (χ3n) is 6.21. The van der Waals surface area contributed by atoms with Crippen molar-refractivity contribution in [3.05, 3.63) is 76.9 Å². The molecule has 1 aromatic heterocycles. The number of halogens is 1. The summed E-state index contributed by atoms with van der Waals surface area (Å²) in [6.45, 7) is 7.50. The van der Waals surface area contributed by atoms with Crippen LogP contribution in [0.25, 0.3) is 0 Å². The number of hydrogen-bond donors (Lipinski definition) is 1. The van der Waals surface area contributed by atoms with Crippen molar-refractivity contribution in [3.8, 4) is 0 Å². The monoisotopic (exact) mass is 484 g/mol. The number of amides is 1. The third-order valence-corrected chi connectivity index (χ3v) is 8.28. The molecule has 7 nitrogen and oxygen atoms in total. The molecule has 0 saturated heterocycles. The van der Waals surface area contributed by atoms with Crippen LogP contribution in [0.2, 0.25) is 0 Å². The summed E-state index contributed by atoms with van der Waals surface area (Å²) in [6, 6.07) is 13.2. The molecule has 3 aromatic rings. The maximum Gasteiger partial charge on any atom is 0.268 e. The summed E-state index contributed by atoms with van der Waals surface area (Å²) in [6.07, 6.45) is 0.657. The van der Waals surface area contributed by atoms with Crippen molar-refractivity contribution in [3.63, 3.8) is 0 Å². The lowest BCUT2D eigenvalue weighted by atomic mass is 9.96. The number of rotatable bonds is 7. The Balaban J connectivity index is 1.57. The van der Waals surface area contributed by atoms with Gasteiger partial charge in [-0.25, -0.2) is 12.8 Å². The Kier molecular flexibility index (Phi) is 6.49. The molecular weight excluding hydrogens is 455 g/mol. The zero-order valence-electron chi connectivity index (χ0n) is 19.7. The number of nitrogens with zero attached hydrogens (tertiary/aromatic N) is 3. The van der Waals surface area contributed by atoms with Gasteiger partial charge in [-0.1, -0.05) is 44.2 Å². The van der Waals surface area contributed by atoms with Crippen molar-refractivity contribution < 1.29 is 17.6 Å². The minimum Gasteiger partial charge on any atom is -0.347 e. The average Bonchev–Trinajstić information content (AvgIpc) is 3.34. The molecule has 1 amide bonds. The summed E-state index contributed by atoms with van der Waals surface area (Å²) in [5, 5.41) is 7.36. The van der Waals surface area contributed by atoms with Crippen LogP contribution in [-0.4, -0.2) is 30.7 Å². The van der Waals surface area contributed by atoms with Gasteiger partial charge in [0.05, 0.1) is 23.1 Å². The van der Waals surface area contributed by atoms with Gasteiger partial charge in [0.15, 0.2) is 0 Å². The van der Waals surface area contributed by atoms with Gasteiger partial charge in [-0.2, -0.15) is 5.10 Å². The molecule has 180 valence electrons. The van der Waals surface area contributed by atoms with Crippen LogP contribution in [0.3, 0.4) is 0 Å². The van der Waals surface area contributed by atoms with Gasteiger partial charge in [-0.15, -0.1) is 0 Å². The molecule has 1 aliphatic heterocycles. The lowest BCUT2D eigenvalue weighted by molar-refractivity contribution is -0.123. The molecule has 0 spiro atoms. The summed E-state index contributed by atoms with van der Waals surface area (Å²) < 4.78 is 43.3. The summed E-state index contributed by atoms with van der Waals surface area (Å²) in [7, 11) is -3.83. The van der Waals surface area contributed by atoms with Gasteiger partial charge in [-0.05, 0) is 55.5 Å². The van der Waals surface area contributed by atoms with E-state index in [0.717, 1.165) is 11.1 Å². The highest BCUT2D eigenvalue weighted by atomic mass is 32.2. The summed E-state index contributed by atoms with van der Waals surface area (Å²) in [5.74, 6) is -0.570. The first-order valence-corrected chi connectivity index (χ1v) is 12.7. The van der Waals surface area contributed by atoms with Gasteiger partial charge in [0.2, 0.25) is 5.91 Å². The quantitative estimate of drug-likeness (QED) is 0.551. The molecule has 0 saturated carbocycles. The molecule has 9 heteroatoms. The van der Waals surface area contributed by atoms with Gasteiger partial charge in [0.25, 0.3) is 10.0 Å². The largest absolute Gasteiger partial charge is 0.347 e. The minimum absolute atomic E-state index is 0.0704. The number of anilines is 1. The molecule has 0 fully saturated rings. The van der Waals surface area contributed by atoms with Crippen molar-refractivity contribution in [2.75, 3.05) is 10.8 Å². The lowest BCUT2D eigenvalue weighted by Gasteiger charge is -2.23. The fourth-order valence-electron chi connectivity index (χ4n) is 4.54. The highest BCUT2D eigenvalue weighted by Crippen LogP contribution is 2.34. The third kappa shape index (κ3) is 4.44. The molecule has 1 atom stereocenters. The van der Waals surface area contributed by atoms with Gasteiger partial charge in [-0.3, -0.25) is 13.8 Å². The summed E-state index contributed by atoms with van der Waals surface area (Å²) in [4.78, 5) is 13.0. The molecule has 2 aromatic carbocycles. The van der Waals surface area contributed by atoms with Crippen molar-refractivity contribution >= 4 is 21.6 Å². The molecule has 0 radical (unpaired) electrons. The smallest absolute Gasteiger partial charge is 0.268 e. The summed E-state index contributed by atoms with van der Waals surface area (Å²) in [5.41, 5.74) is 3.25. The number of hydrogen-bond acceptors (Lipinski definition) is 4. The molecular formula is C25H29FN4O3S. The summed E-state index contributed by atoms with van der Waals surface area (Å²) >= 11 is 0. The number of para-hydroxylation sites is 1. The standard InChI is InChI=1S/C25H29FN4O3S/c1-16(2)24(20-9-11-21(26)12-10-20)27-23(31)15-29-18(4)25(17(3)28-29)34(32,33)30-14-13-19-7-5-6-8-22(19)30/h5-12,16,24H,13-15H2,1-4H3,(H,27,31). The normalized spacial score (nSPS) is 14.4. The van der Waals surface area contributed by atoms with Crippen LogP contribution in [0.15, 0.2) is 53.4 Å². The highest BCUT2D eigenvalue weighted by molar-refractivity contribution is 7.93. The molecule has 0 bridgehead atoms. The lowest BCUT2D eigenvalue weighted by Crippen LogP contribution is -2.34. The molecule has 34 heavy (non-hydrogen) atoms. The van der Waals surface area contributed by atoms with Crippen LogP contribution < -0.4 is 9.62 Å². The van der Waals surface area contributed by atoms with Gasteiger partial charge >= 0.3 is 0 Å². The molecule has 1 aliphatic rings. The van der Waals surface area contributed by atoms with E-state index in [0.29, 0.717) is 30.0 Å². The number of benzene rings is 2. The highest BCUT2D eigenvalue weighted by Gasteiger charge is 2.35. The second kappa shape index (κ2) is 9.21. The Bertz CT molecular complexity index is 1320. The zero-order chi connectivity index (χ0) is 24.6. The van der Waals surface area contributed by atoms with Crippen molar-refractivity contribution in [2.45, 2.75) is 51.6 Å². The van der Waals surface area contributed by atoms with E-state index < -0.39 is 10.0 Å². The van der Waals surface area contributed by atoms with E-state index >= 15 is 0 Å². The zero-order valence-corrected chi connectivity index (χ0v) is 20.6. The fourth-order valence-corrected chi connectivity index (χ4v) is 6.42. The molecule has 4 rings (SSSR count). The average molecular weight is 485 g/mol. The predicted octanol–water partition coefficient (Wildman–Crippen LogP) is 3.90. The molecule has 0 aliphatic carbocycles. The number of sulfonamides is 1. The first kappa shape index (κ1) is 23.9. The predicted molar refractivity (Wildman–Crippen MR) is 129 cm³/mol. The number of aromatic nitrogens is 2. The first-order chi connectivity index (χ1) is 16.1. The fraction of sp³-hybridized carbons (Fsp3) is 0.360. The van der Waals surface area contributed by atoms with Gasteiger partial charge in [0.1, 0.15) is 17.3 Å². The molecule has 1 unspecified atom stereocenters. The minimum atomic E-state index is -3.83. The van der Waals surface area contributed by atoms with E-state index in [1.54, 1.807) is 26.0 Å². The second-order valence-corrected chi connectivity index (χ2v) is 10.8. The van der Waals surface area contributed by atoms with Crippen LogP contribution >= 0.6 is 0 Å². The van der Waals surface area contributed by atoms with E-state index in [1.807, 2.05) is 38.1 Å². The Labute approximate surface area is 199 Å². The van der Waals surface area contributed by atoms with Crippen LogP contribution in [0, 0.1) is 25.6 Å². The number of nitrogens with one attached hydrogen (secondary N) is 1. The van der Waals surface area contributed by atoms with E-state index in [1.165, 1.54) is 21.1 Å². The Morgan fingerprint density at radius 3 is 2.47 bits per heavy atom. The van der Waals surface area contributed by atoms with Crippen molar-refractivity contribution in [1.29, 1.82) is 0 Å².